The van der Waals surface area contributed by atoms with Crippen LogP contribution < -0.4 is 10.1 Å². The third-order valence-electron chi connectivity index (χ3n) is 2.26. The molecule has 0 aliphatic rings. The average molecular weight is 268 g/mol. The summed E-state index contributed by atoms with van der Waals surface area (Å²) in [4.78, 5) is 0. The highest BCUT2D eigenvalue weighted by molar-refractivity contribution is 6.37. The SMILES string of the molecule is COc1c(Cl)cc(Nc2ccccc2)cc1Cl. The first-order valence-electron chi connectivity index (χ1n) is 5.06. The van der Waals surface area contributed by atoms with Gasteiger partial charge in [-0.25, -0.2) is 0 Å². The lowest BCUT2D eigenvalue weighted by atomic mass is 10.2. The van der Waals surface area contributed by atoms with E-state index in [-0.39, 0.29) is 0 Å². The van der Waals surface area contributed by atoms with Crippen LogP contribution in [0.2, 0.25) is 10.0 Å². The number of rotatable bonds is 3. The number of para-hydroxylation sites is 1. The van der Waals surface area contributed by atoms with E-state index in [4.69, 9.17) is 27.9 Å². The first-order chi connectivity index (χ1) is 8.20. The summed E-state index contributed by atoms with van der Waals surface area (Å²) in [6.07, 6.45) is 0. The number of hydrogen-bond donors (Lipinski definition) is 1. The van der Waals surface area contributed by atoms with E-state index in [0.717, 1.165) is 11.4 Å². The van der Waals surface area contributed by atoms with Gasteiger partial charge in [-0.1, -0.05) is 41.4 Å². The summed E-state index contributed by atoms with van der Waals surface area (Å²) in [5, 5.41) is 4.18. The fraction of sp³-hybridized carbons (Fsp3) is 0.0769. The van der Waals surface area contributed by atoms with Gasteiger partial charge in [0.1, 0.15) is 0 Å². The fourth-order valence-electron chi connectivity index (χ4n) is 1.52. The smallest absolute Gasteiger partial charge is 0.156 e. The van der Waals surface area contributed by atoms with Crippen LogP contribution >= 0.6 is 23.2 Å². The van der Waals surface area contributed by atoms with Crippen LogP contribution in [0.3, 0.4) is 0 Å². The minimum atomic E-state index is 0.485. The predicted octanol–water partition coefficient (Wildman–Crippen LogP) is 4.75. The molecule has 0 atom stereocenters. The first kappa shape index (κ1) is 12.1. The summed E-state index contributed by atoms with van der Waals surface area (Å²) in [5.74, 6) is 0.493. The third-order valence-corrected chi connectivity index (χ3v) is 2.83. The van der Waals surface area contributed by atoms with Gasteiger partial charge in [-0.3, -0.25) is 0 Å². The molecule has 2 aromatic rings. The number of anilines is 2. The van der Waals surface area contributed by atoms with Gasteiger partial charge in [0.15, 0.2) is 5.75 Å². The van der Waals surface area contributed by atoms with Crippen molar-refractivity contribution in [2.45, 2.75) is 0 Å². The van der Waals surface area contributed by atoms with Crippen molar-refractivity contribution in [3.8, 4) is 5.75 Å². The monoisotopic (exact) mass is 267 g/mol. The average Bonchev–Trinajstić information content (AvgIpc) is 2.30. The normalized spacial score (nSPS) is 10.1. The molecule has 0 fully saturated rings. The topological polar surface area (TPSA) is 21.3 Å². The summed E-state index contributed by atoms with van der Waals surface area (Å²) in [6.45, 7) is 0. The Morgan fingerprint density at radius 1 is 0.941 bits per heavy atom. The van der Waals surface area contributed by atoms with Gasteiger partial charge >= 0.3 is 0 Å². The van der Waals surface area contributed by atoms with Crippen molar-refractivity contribution < 1.29 is 4.74 Å². The highest BCUT2D eigenvalue weighted by atomic mass is 35.5. The number of benzene rings is 2. The van der Waals surface area contributed by atoms with E-state index in [9.17, 15) is 0 Å². The molecule has 0 unspecified atom stereocenters. The molecule has 2 aromatic carbocycles. The summed E-state index contributed by atoms with van der Waals surface area (Å²) < 4.78 is 5.09. The van der Waals surface area contributed by atoms with Gasteiger partial charge in [0, 0.05) is 11.4 Å². The lowest BCUT2D eigenvalue weighted by molar-refractivity contribution is 0.415. The van der Waals surface area contributed by atoms with Crippen LogP contribution in [0.25, 0.3) is 0 Å². The fourth-order valence-corrected chi connectivity index (χ4v) is 2.16. The second-order valence-electron chi connectivity index (χ2n) is 3.46. The Hall–Kier alpha value is -1.38. The van der Waals surface area contributed by atoms with Crippen molar-refractivity contribution in [3.05, 3.63) is 52.5 Å². The van der Waals surface area contributed by atoms with Crippen LogP contribution in [0.4, 0.5) is 11.4 Å². The van der Waals surface area contributed by atoms with Crippen molar-refractivity contribution in [2.75, 3.05) is 12.4 Å². The van der Waals surface area contributed by atoms with Crippen LogP contribution in [0, 0.1) is 0 Å². The summed E-state index contributed by atoms with van der Waals surface area (Å²) >= 11 is 12.1. The zero-order valence-electron chi connectivity index (χ0n) is 9.21. The van der Waals surface area contributed by atoms with Crippen molar-refractivity contribution in [1.29, 1.82) is 0 Å². The number of ether oxygens (including phenoxy) is 1. The van der Waals surface area contributed by atoms with Crippen molar-refractivity contribution in [2.24, 2.45) is 0 Å². The van der Waals surface area contributed by atoms with Crippen molar-refractivity contribution in [3.63, 3.8) is 0 Å². The number of methoxy groups -OCH3 is 1. The van der Waals surface area contributed by atoms with E-state index in [1.165, 1.54) is 7.11 Å². The van der Waals surface area contributed by atoms with Gasteiger partial charge in [-0.2, -0.15) is 0 Å². The molecule has 0 heterocycles. The van der Waals surface area contributed by atoms with Crippen LogP contribution in [-0.4, -0.2) is 7.11 Å². The molecule has 2 rings (SSSR count). The lowest BCUT2D eigenvalue weighted by Crippen LogP contribution is -1.92. The minimum absolute atomic E-state index is 0.485. The van der Waals surface area contributed by atoms with Gasteiger partial charge in [-0.05, 0) is 24.3 Å². The van der Waals surface area contributed by atoms with Gasteiger partial charge < -0.3 is 10.1 Å². The van der Waals surface area contributed by atoms with E-state index >= 15 is 0 Å². The molecule has 0 aliphatic carbocycles. The maximum absolute atomic E-state index is 6.05. The Morgan fingerprint density at radius 3 is 2.06 bits per heavy atom. The molecular formula is C13H11Cl2NO. The van der Waals surface area contributed by atoms with Crippen LogP contribution in [0.5, 0.6) is 5.75 Å². The molecule has 0 amide bonds. The van der Waals surface area contributed by atoms with E-state index < -0.39 is 0 Å². The minimum Gasteiger partial charge on any atom is -0.494 e. The summed E-state index contributed by atoms with van der Waals surface area (Å²) in [7, 11) is 1.54. The molecule has 17 heavy (non-hydrogen) atoms. The highest BCUT2D eigenvalue weighted by Crippen LogP contribution is 2.36. The maximum Gasteiger partial charge on any atom is 0.156 e. The lowest BCUT2D eigenvalue weighted by Gasteiger charge is -2.10. The second-order valence-corrected chi connectivity index (χ2v) is 4.28. The molecule has 0 aromatic heterocycles. The first-order valence-corrected chi connectivity index (χ1v) is 5.81. The van der Waals surface area contributed by atoms with Crippen LogP contribution in [0.1, 0.15) is 0 Å². The summed E-state index contributed by atoms with van der Waals surface area (Å²) in [5.41, 5.74) is 1.80. The molecule has 0 aliphatic heterocycles. The standard InChI is InChI=1S/C13H11Cl2NO/c1-17-13-11(14)7-10(8-12(13)15)16-9-5-3-2-4-6-9/h2-8,16H,1H3. The third kappa shape index (κ3) is 2.84. The quantitative estimate of drug-likeness (QED) is 0.867. The Labute approximate surface area is 110 Å². The molecule has 2 nitrogen and oxygen atoms in total. The molecule has 0 radical (unpaired) electrons. The largest absolute Gasteiger partial charge is 0.494 e. The van der Waals surface area contributed by atoms with E-state index in [1.54, 1.807) is 12.1 Å². The number of hydrogen-bond acceptors (Lipinski definition) is 2. The predicted molar refractivity (Wildman–Crippen MR) is 72.7 cm³/mol. The summed E-state index contributed by atoms with van der Waals surface area (Å²) in [6, 6.07) is 13.3. The van der Waals surface area contributed by atoms with Crippen LogP contribution in [0.15, 0.2) is 42.5 Å². The Bertz CT molecular complexity index is 491. The van der Waals surface area contributed by atoms with E-state index in [1.807, 2.05) is 30.3 Å². The van der Waals surface area contributed by atoms with Crippen LogP contribution in [-0.2, 0) is 0 Å². The number of nitrogens with one attached hydrogen (secondary N) is 1. The van der Waals surface area contributed by atoms with Crippen molar-refractivity contribution in [1.82, 2.24) is 0 Å². The molecular weight excluding hydrogens is 257 g/mol. The molecule has 0 saturated carbocycles. The maximum atomic E-state index is 6.05. The van der Waals surface area contributed by atoms with Gasteiger partial charge in [0.25, 0.3) is 0 Å². The second kappa shape index (κ2) is 5.30. The zero-order chi connectivity index (χ0) is 12.3. The molecule has 88 valence electrons. The van der Waals surface area contributed by atoms with E-state index in [2.05, 4.69) is 5.32 Å². The molecule has 4 heteroatoms. The van der Waals surface area contributed by atoms with Gasteiger partial charge in [0.2, 0.25) is 0 Å². The number of halogens is 2. The Morgan fingerprint density at radius 2 is 1.53 bits per heavy atom. The van der Waals surface area contributed by atoms with E-state index in [0.29, 0.717) is 15.8 Å². The molecule has 0 bridgehead atoms. The van der Waals surface area contributed by atoms with Gasteiger partial charge in [0.05, 0.1) is 17.2 Å². The highest BCUT2D eigenvalue weighted by Gasteiger charge is 2.08. The molecule has 1 N–H and O–H groups in total. The van der Waals surface area contributed by atoms with Gasteiger partial charge in [-0.15, -0.1) is 0 Å². The molecule has 0 saturated heterocycles. The Kier molecular flexibility index (Phi) is 3.77. The Balaban J connectivity index is 2.29. The molecule has 0 spiro atoms. The zero-order valence-corrected chi connectivity index (χ0v) is 10.7. The van der Waals surface area contributed by atoms with Crippen molar-refractivity contribution >= 4 is 34.6 Å².